The molecule has 6 heteroatoms. The smallest absolute Gasteiger partial charge is 0.195 e. The van der Waals surface area contributed by atoms with Crippen molar-refractivity contribution < 1.29 is 0 Å². The maximum absolute atomic E-state index is 5.38. The van der Waals surface area contributed by atoms with Gasteiger partial charge in [-0.05, 0) is 44.4 Å². The number of hydrogen-bond donors (Lipinski definition) is 1. The Kier molecular flexibility index (Phi) is 5.03. The summed E-state index contributed by atoms with van der Waals surface area (Å²) in [5.74, 6) is 0.850. The first-order valence-electron chi connectivity index (χ1n) is 6.97. The number of nitrogens with one attached hydrogen (secondary N) is 1. The molecule has 1 N–H and O–H groups in total. The third-order valence-corrected chi connectivity index (χ3v) is 3.77. The molecule has 0 saturated carbocycles. The standard InChI is InChI=1S/C14H21N5S/c1-4-18(5-2)10-11(3)19-13(16-17-14(19)20)12-7-6-8-15-9-12/h6-9,11H,4-5,10H2,1-3H3,(H,17,20). The minimum Gasteiger partial charge on any atom is -0.302 e. The van der Waals surface area contributed by atoms with E-state index in [-0.39, 0.29) is 6.04 Å². The largest absolute Gasteiger partial charge is 0.302 e. The summed E-state index contributed by atoms with van der Waals surface area (Å²) in [6.45, 7) is 9.54. The third-order valence-electron chi connectivity index (χ3n) is 3.48. The number of pyridine rings is 1. The number of rotatable bonds is 6. The van der Waals surface area contributed by atoms with Crippen LogP contribution in [0.15, 0.2) is 24.5 Å². The Morgan fingerprint density at radius 3 is 2.75 bits per heavy atom. The zero-order chi connectivity index (χ0) is 14.5. The molecule has 2 heterocycles. The molecule has 2 rings (SSSR count). The fourth-order valence-electron chi connectivity index (χ4n) is 2.35. The minimum absolute atomic E-state index is 0.261. The van der Waals surface area contributed by atoms with Gasteiger partial charge < -0.3 is 4.90 Å². The van der Waals surface area contributed by atoms with Crippen LogP contribution in [0.4, 0.5) is 0 Å². The summed E-state index contributed by atoms with van der Waals surface area (Å²) in [4.78, 5) is 6.53. The molecule has 0 aliphatic heterocycles. The first-order chi connectivity index (χ1) is 9.67. The van der Waals surface area contributed by atoms with Gasteiger partial charge in [0.25, 0.3) is 0 Å². The molecule has 0 aromatic carbocycles. The Balaban J connectivity index is 2.32. The average molecular weight is 291 g/mol. The molecule has 1 atom stereocenters. The molecule has 5 nitrogen and oxygen atoms in total. The van der Waals surface area contributed by atoms with Crippen LogP contribution in [0.3, 0.4) is 0 Å². The van der Waals surface area contributed by atoms with Crippen LogP contribution in [-0.4, -0.2) is 44.3 Å². The molecule has 1 unspecified atom stereocenters. The molecule has 0 amide bonds. The normalized spacial score (nSPS) is 12.8. The molecule has 2 aromatic rings. The summed E-state index contributed by atoms with van der Waals surface area (Å²) in [6, 6.07) is 4.17. The maximum atomic E-state index is 5.38. The Labute approximate surface area is 124 Å². The van der Waals surface area contributed by atoms with Crippen LogP contribution in [0.2, 0.25) is 0 Å². The van der Waals surface area contributed by atoms with Gasteiger partial charge in [-0.25, -0.2) is 0 Å². The van der Waals surface area contributed by atoms with Crippen molar-refractivity contribution in [2.24, 2.45) is 0 Å². The van der Waals surface area contributed by atoms with Gasteiger partial charge in [0.05, 0.1) is 0 Å². The molecule has 0 bridgehead atoms. The van der Waals surface area contributed by atoms with E-state index in [1.54, 1.807) is 6.20 Å². The number of H-pyrrole nitrogens is 1. The first-order valence-corrected chi connectivity index (χ1v) is 7.37. The van der Waals surface area contributed by atoms with E-state index in [0.29, 0.717) is 4.77 Å². The van der Waals surface area contributed by atoms with Gasteiger partial charge in [0.15, 0.2) is 10.6 Å². The van der Waals surface area contributed by atoms with Gasteiger partial charge in [0.1, 0.15) is 0 Å². The average Bonchev–Trinajstić information content (AvgIpc) is 2.87. The maximum Gasteiger partial charge on any atom is 0.195 e. The second-order valence-corrected chi connectivity index (χ2v) is 5.19. The predicted molar refractivity (Wildman–Crippen MR) is 83.1 cm³/mol. The van der Waals surface area contributed by atoms with Crippen molar-refractivity contribution in [1.29, 1.82) is 0 Å². The van der Waals surface area contributed by atoms with Crippen LogP contribution in [0.5, 0.6) is 0 Å². The fraction of sp³-hybridized carbons (Fsp3) is 0.500. The topological polar surface area (TPSA) is 49.7 Å². The second-order valence-electron chi connectivity index (χ2n) is 4.80. The van der Waals surface area contributed by atoms with E-state index >= 15 is 0 Å². The number of nitrogens with zero attached hydrogens (tertiary/aromatic N) is 4. The van der Waals surface area contributed by atoms with Crippen molar-refractivity contribution in [2.75, 3.05) is 19.6 Å². The molecule has 2 aromatic heterocycles. The molecule has 0 aliphatic rings. The van der Waals surface area contributed by atoms with Gasteiger partial charge >= 0.3 is 0 Å². The Hall–Kier alpha value is -1.53. The lowest BCUT2D eigenvalue weighted by atomic mass is 10.2. The SMILES string of the molecule is CCN(CC)CC(C)n1c(-c2cccnc2)n[nH]c1=S. The summed E-state index contributed by atoms with van der Waals surface area (Å²) in [5.41, 5.74) is 0.978. The van der Waals surface area contributed by atoms with Crippen LogP contribution in [0.1, 0.15) is 26.8 Å². The number of aromatic nitrogens is 4. The molecule has 20 heavy (non-hydrogen) atoms. The second kappa shape index (κ2) is 6.76. The van der Waals surface area contributed by atoms with Crippen molar-refractivity contribution in [3.8, 4) is 11.4 Å². The van der Waals surface area contributed by atoms with Crippen LogP contribution >= 0.6 is 12.2 Å². The van der Waals surface area contributed by atoms with Crippen molar-refractivity contribution in [1.82, 2.24) is 24.6 Å². The van der Waals surface area contributed by atoms with Gasteiger partial charge in [-0.15, -0.1) is 0 Å². The van der Waals surface area contributed by atoms with E-state index in [9.17, 15) is 0 Å². The van der Waals surface area contributed by atoms with Crippen LogP contribution in [-0.2, 0) is 0 Å². The highest BCUT2D eigenvalue weighted by Crippen LogP contribution is 2.20. The van der Waals surface area contributed by atoms with E-state index in [1.807, 2.05) is 18.3 Å². The van der Waals surface area contributed by atoms with E-state index in [4.69, 9.17) is 12.2 Å². The number of likely N-dealkylation sites (N-methyl/N-ethyl adjacent to an activating group) is 1. The molecule has 108 valence electrons. The van der Waals surface area contributed by atoms with Crippen LogP contribution in [0, 0.1) is 4.77 Å². The lowest BCUT2D eigenvalue weighted by molar-refractivity contribution is 0.261. The summed E-state index contributed by atoms with van der Waals surface area (Å²) < 4.78 is 2.73. The van der Waals surface area contributed by atoms with Crippen molar-refractivity contribution in [3.05, 3.63) is 29.3 Å². The number of hydrogen-bond acceptors (Lipinski definition) is 4. The van der Waals surface area contributed by atoms with Gasteiger partial charge in [-0.2, -0.15) is 5.10 Å². The van der Waals surface area contributed by atoms with Gasteiger partial charge in [0, 0.05) is 30.5 Å². The minimum atomic E-state index is 0.261. The van der Waals surface area contributed by atoms with Crippen molar-refractivity contribution in [2.45, 2.75) is 26.8 Å². The molecular weight excluding hydrogens is 270 g/mol. The van der Waals surface area contributed by atoms with Crippen LogP contribution in [0.25, 0.3) is 11.4 Å². The Bertz CT molecular complexity index is 585. The quantitative estimate of drug-likeness (QED) is 0.831. The van der Waals surface area contributed by atoms with E-state index in [0.717, 1.165) is 31.0 Å². The lowest BCUT2D eigenvalue weighted by Crippen LogP contribution is -2.29. The lowest BCUT2D eigenvalue weighted by Gasteiger charge is -2.24. The highest BCUT2D eigenvalue weighted by atomic mass is 32.1. The summed E-state index contributed by atoms with van der Waals surface area (Å²) in [7, 11) is 0. The van der Waals surface area contributed by atoms with E-state index in [2.05, 4.69) is 45.4 Å². The molecule has 0 aliphatic carbocycles. The van der Waals surface area contributed by atoms with E-state index < -0.39 is 0 Å². The summed E-state index contributed by atoms with van der Waals surface area (Å²) in [5, 5.41) is 7.25. The van der Waals surface area contributed by atoms with Gasteiger partial charge in [0.2, 0.25) is 0 Å². The van der Waals surface area contributed by atoms with Crippen molar-refractivity contribution >= 4 is 12.2 Å². The monoisotopic (exact) mass is 291 g/mol. The van der Waals surface area contributed by atoms with Gasteiger partial charge in [-0.1, -0.05) is 13.8 Å². The molecule has 0 radical (unpaired) electrons. The first kappa shape index (κ1) is 14.9. The Morgan fingerprint density at radius 1 is 1.40 bits per heavy atom. The highest BCUT2D eigenvalue weighted by Gasteiger charge is 2.16. The van der Waals surface area contributed by atoms with Crippen LogP contribution < -0.4 is 0 Å². The zero-order valence-corrected chi connectivity index (χ0v) is 13.0. The molecular formula is C14H21N5S. The fourth-order valence-corrected chi connectivity index (χ4v) is 2.66. The Morgan fingerprint density at radius 2 is 2.15 bits per heavy atom. The number of aromatic amines is 1. The van der Waals surface area contributed by atoms with Crippen molar-refractivity contribution in [3.63, 3.8) is 0 Å². The van der Waals surface area contributed by atoms with E-state index in [1.165, 1.54) is 0 Å². The highest BCUT2D eigenvalue weighted by molar-refractivity contribution is 7.71. The van der Waals surface area contributed by atoms with Gasteiger partial charge in [-0.3, -0.25) is 14.6 Å². The molecule has 0 fully saturated rings. The molecule has 0 saturated heterocycles. The predicted octanol–water partition coefficient (Wildman–Crippen LogP) is 2.91. The summed E-state index contributed by atoms with van der Waals surface area (Å²) in [6.07, 6.45) is 3.57. The zero-order valence-electron chi connectivity index (χ0n) is 12.2. The third kappa shape index (κ3) is 3.13. The molecule has 0 spiro atoms. The summed E-state index contributed by atoms with van der Waals surface area (Å²) >= 11 is 5.38.